The summed E-state index contributed by atoms with van der Waals surface area (Å²) in [5.41, 5.74) is 0.790. The third kappa shape index (κ3) is 4.00. The Bertz CT molecular complexity index is 870. The van der Waals surface area contributed by atoms with E-state index in [0.717, 1.165) is 23.9 Å². The molecule has 3 aromatic rings. The lowest BCUT2D eigenvalue weighted by Gasteiger charge is -2.13. The van der Waals surface area contributed by atoms with Gasteiger partial charge in [0.1, 0.15) is 17.4 Å². The molecule has 0 saturated carbocycles. The number of rotatable bonds is 6. The summed E-state index contributed by atoms with van der Waals surface area (Å²) in [7, 11) is 1.59. The fourth-order valence-electron chi connectivity index (χ4n) is 2.37. The molecule has 0 spiro atoms. The number of benzene rings is 2. The molecular formula is C18H16F2N2O2S. The topological polar surface area (TPSA) is 47.3 Å². The van der Waals surface area contributed by atoms with Crippen LogP contribution in [0, 0.1) is 11.6 Å². The van der Waals surface area contributed by atoms with Crippen LogP contribution in [0.3, 0.4) is 0 Å². The Kier molecular flexibility index (Phi) is 5.35. The van der Waals surface area contributed by atoms with E-state index in [9.17, 15) is 13.9 Å². The minimum absolute atomic E-state index is 0.0630. The SMILES string of the molecule is COc1cccc(-n2ccnc2SC[C@@H](O)c2cc(F)ccc2F)c1. The first-order valence-corrected chi connectivity index (χ1v) is 8.50. The minimum atomic E-state index is -1.14. The van der Waals surface area contributed by atoms with Crippen LogP contribution >= 0.6 is 11.8 Å². The van der Waals surface area contributed by atoms with Gasteiger partial charge in [0, 0.05) is 29.8 Å². The highest BCUT2D eigenvalue weighted by atomic mass is 32.2. The van der Waals surface area contributed by atoms with Crippen LogP contribution < -0.4 is 4.74 Å². The van der Waals surface area contributed by atoms with E-state index in [1.165, 1.54) is 11.8 Å². The zero-order valence-electron chi connectivity index (χ0n) is 13.4. The number of imidazole rings is 1. The number of aliphatic hydroxyl groups excluding tert-OH is 1. The van der Waals surface area contributed by atoms with E-state index in [4.69, 9.17) is 4.74 Å². The van der Waals surface area contributed by atoms with Crippen molar-refractivity contribution in [2.75, 3.05) is 12.9 Å². The third-order valence-corrected chi connectivity index (χ3v) is 4.67. The standard InChI is InChI=1S/C18H16F2N2O2S/c1-24-14-4-2-3-13(10-14)22-8-7-21-18(22)25-11-17(23)15-9-12(19)5-6-16(15)20/h2-10,17,23H,11H2,1H3/t17-/m1/s1. The van der Waals surface area contributed by atoms with Gasteiger partial charge in [-0.05, 0) is 30.3 Å². The predicted octanol–water partition coefficient (Wildman–Crippen LogP) is 3.98. The second-order valence-corrected chi connectivity index (χ2v) is 6.26. The van der Waals surface area contributed by atoms with Crippen molar-refractivity contribution in [3.05, 3.63) is 72.1 Å². The van der Waals surface area contributed by atoms with Crippen LogP contribution in [0.15, 0.2) is 60.0 Å². The molecule has 2 aromatic carbocycles. The molecule has 1 heterocycles. The fraction of sp³-hybridized carbons (Fsp3) is 0.167. The van der Waals surface area contributed by atoms with Gasteiger partial charge in [-0.3, -0.25) is 4.57 Å². The van der Waals surface area contributed by atoms with Gasteiger partial charge < -0.3 is 9.84 Å². The normalized spacial score (nSPS) is 12.2. The van der Waals surface area contributed by atoms with Crippen molar-refractivity contribution < 1.29 is 18.6 Å². The van der Waals surface area contributed by atoms with E-state index in [1.54, 1.807) is 19.5 Å². The van der Waals surface area contributed by atoms with Crippen LogP contribution in [-0.2, 0) is 0 Å². The second kappa shape index (κ2) is 7.67. The molecule has 0 aliphatic rings. The molecule has 0 fully saturated rings. The van der Waals surface area contributed by atoms with Crippen LogP contribution in [0.4, 0.5) is 8.78 Å². The molecule has 130 valence electrons. The molecular weight excluding hydrogens is 346 g/mol. The summed E-state index contributed by atoms with van der Waals surface area (Å²) in [5, 5.41) is 10.8. The smallest absolute Gasteiger partial charge is 0.172 e. The lowest BCUT2D eigenvalue weighted by Crippen LogP contribution is -2.05. The van der Waals surface area contributed by atoms with Crippen molar-refractivity contribution in [2.24, 2.45) is 0 Å². The van der Waals surface area contributed by atoms with Crippen LogP contribution in [-0.4, -0.2) is 27.5 Å². The minimum Gasteiger partial charge on any atom is -0.497 e. The second-order valence-electron chi connectivity index (χ2n) is 5.27. The molecule has 0 amide bonds. The molecule has 3 rings (SSSR count). The summed E-state index contributed by atoms with van der Waals surface area (Å²) in [6.07, 6.45) is 2.28. The fourth-order valence-corrected chi connectivity index (χ4v) is 3.29. The lowest BCUT2D eigenvalue weighted by molar-refractivity contribution is 0.198. The predicted molar refractivity (Wildman–Crippen MR) is 92.2 cm³/mol. The number of thioether (sulfide) groups is 1. The molecule has 0 radical (unpaired) electrons. The quantitative estimate of drug-likeness (QED) is 0.674. The molecule has 1 N–H and O–H groups in total. The van der Waals surface area contributed by atoms with Crippen molar-refractivity contribution in [1.29, 1.82) is 0 Å². The molecule has 0 aliphatic heterocycles. The van der Waals surface area contributed by atoms with Gasteiger partial charge in [0.05, 0.1) is 18.9 Å². The summed E-state index contributed by atoms with van der Waals surface area (Å²) in [6.45, 7) is 0. The largest absolute Gasteiger partial charge is 0.497 e. The molecule has 1 atom stereocenters. The van der Waals surface area contributed by atoms with Gasteiger partial charge in [-0.25, -0.2) is 13.8 Å². The van der Waals surface area contributed by atoms with Crippen LogP contribution in [0.2, 0.25) is 0 Å². The van der Waals surface area contributed by atoms with Crippen molar-refractivity contribution in [2.45, 2.75) is 11.3 Å². The number of aliphatic hydroxyl groups is 1. The Morgan fingerprint density at radius 2 is 2.08 bits per heavy atom. The van der Waals surface area contributed by atoms with E-state index in [-0.39, 0.29) is 11.3 Å². The first-order chi connectivity index (χ1) is 12.1. The number of halogens is 2. The Morgan fingerprint density at radius 3 is 2.88 bits per heavy atom. The van der Waals surface area contributed by atoms with Gasteiger partial charge in [-0.15, -0.1) is 0 Å². The number of nitrogens with zero attached hydrogens (tertiary/aromatic N) is 2. The number of methoxy groups -OCH3 is 1. The number of hydrogen-bond acceptors (Lipinski definition) is 4. The molecule has 7 heteroatoms. The van der Waals surface area contributed by atoms with Gasteiger partial charge >= 0.3 is 0 Å². The molecule has 0 bridgehead atoms. The Balaban J connectivity index is 1.76. The van der Waals surface area contributed by atoms with E-state index in [1.807, 2.05) is 28.8 Å². The maximum atomic E-state index is 13.7. The number of hydrogen-bond donors (Lipinski definition) is 1. The third-order valence-electron chi connectivity index (χ3n) is 3.63. The number of ether oxygens (including phenoxy) is 1. The highest BCUT2D eigenvalue weighted by Gasteiger charge is 2.16. The highest BCUT2D eigenvalue weighted by Crippen LogP contribution is 2.28. The van der Waals surface area contributed by atoms with Gasteiger partial charge in [0.15, 0.2) is 5.16 Å². The summed E-state index contributed by atoms with van der Waals surface area (Å²) < 4.78 is 34.1. The van der Waals surface area contributed by atoms with E-state index < -0.39 is 17.7 Å². The van der Waals surface area contributed by atoms with Crippen molar-refractivity contribution in [1.82, 2.24) is 9.55 Å². The lowest BCUT2D eigenvalue weighted by atomic mass is 10.1. The zero-order valence-corrected chi connectivity index (χ0v) is 14.2. The monoisotopic (exact) mass is 362 g/mol. The molecule has 0 unspecified atom stereocenters. The van der Waals surface area contributed by atoms with Crippen LogP contribution in [0.25, 0.3) is 5.69 Å². The maximum Gasteiger partial charge on any atom is 0.172 e. The molecule has 1 aromatic heterocycles. The highest BCUT2D eigenvalue weighted by molar-refractivity contribution is 7.99. The molecule has 0 saturated heterocycles. The average molecular weight is 362 g/mol. The first kappa shape index (κ1) is 17.4. The zero-order chi connectivity index (χ0) is 17.8. The molecule has 4 nitrogen and oxygen atoms in total. The van der Waals surface area contributed by atoms with Gasteiger partial charge in [0.2, 0.25) is 0 Å². The molecule has 0 aliphatic carbocycles. The van der Waals surface area contributed by atoms with Gasteiger partial charge in [-0.2, -0.15) is 0 Å². The Hall–Kier alpha value is -2.38. The van der Waals surface area contributed by atoms with Crippen molar-refractivity contribution in [3.63, 3.8) is 0 Å². The van der Waals surface area contributed by atoms with E-state index >= 15 is 0 Å². The van der Waals surface area contributed by atoms with Crippen molar-refractivity contribution in [3.8, 4) is 11.4 Å². The maximum absolute atomic E-state index is 13.7. The first-order valence-electron chi connectivity index (χ1n) is 7.52. The average Bonchev–Trinajstić information content (AvgIpc) is 3.10. The summed E-state index contributed by atoms with van der Waals surface area (Å²) in [5.74, 6) is -0.366. The molecule has 25 heavy (non-hydrogen) atoms. The Labute approximate surface area is 148 Å². The Morgan fingerprint density at radius 1 is 1.24 bits per heavy atom. The summed E-state index contributed by atoms with van der Waals surface area (Å²) >= 11 is 1.25. The summed E-state index contributed by atoms with van der Waals surface area (Å²) in [6, 6.07) is 10.5. The van der Waals surface area contributed by atoms with E-state index in [0.29, 0.717) is 10.9 Å². The van der Waals surface area contributed by atoms with Gasteiger partial charge in [0.25, 0.3) is 0 Å². The summed E-state index contributed by atoms with van der Waals surface area (Å²) in [4.78, 5) is 4.26. The van der Waals surface area contributed by atoms with Gasteiger partial charge in [-0.1, -0.05) is 17.8 Å². The van der Waals surface area contributed by atoms with Crippen molar-refractivity contribution >= 4 is 11.8 Å². The number of aromatic nitrogens is 2. The van der Waals surface area contributed by atoms with Crippen LogP contribution in [0.5, 0.6) is 5.75 Å². The van der Waals surface area contributed by atoms with Crippen LogP contribution in [0.1, 0.15) is 11.7 Å². The van der Waals surface area contributed by atoms with E-state index in [2.05, 4.69) is 4.98 Å².